The number of hydrogen-bond donors (Lipinski definition) is 0. The fraction of sp³-hybridized carbons (Fsp3) is 0.588. The average Bonchev–Trinajstić information content (AvgIpc) is 3.30. The van der Waals surface area contributed by atoms with Crippen molar-refractivity contribution in [3.8, 4) is 5.75 Å². The Balaban J connectivity index is 0.00000264. The van der Waals surface area contributed by atoms with Gasteiger partial charge in [-0.05, 0) is 50.5 Å². The van der Waals surface area contributed by atoms with E-state index in [-0.39, 0.29) is 57.4 Å². The number of carbonyl (C=O) groups is 1. The standard InChI is InChI=1S/C17H23ClO4.K/c1-2-20-16(19)17(13-22-17)11-5-3-4-6-12-21-15-9-7-14(18)8-10-15;/h7-10H,2-6,11-13H2,1H3;/q;+1. The van der Waals surface area contributed by atoms with E-state index in [0.717, 1.165) is 37.9 Å². The van der Waals surface area contributed by atoms with Crippen LogP contribution in [0.5, 0.6) is 5.75 Å². The molecule has 1 aliphatic rings. The molecule has 4 nitrogen and oxygen atoms in total. The van der Waals surface area contributed by atoms with Crippen molar-refractivity contribution in [2.24, 2.45) is 0 Å². The van der Waals surface area contributed by atoms with Crippen molar-refractivity contribution in [1.29, 1.82) is 0 Å². The quantitative estimate of drug-likeness (QED) is 0.269. The van der Waals surface area contributed by atoms with Gasteiger partial charge in [0.1, 0.15) is 5.75 Å². The molecule has 2 rings (SSSR count). The molecule has 1 atom stereocenters. The van der Waals surface area contributed by atoms with Gasteiger partial charge in [-0.3, -0.25) is 0 Å². The summed E-state index contributed by atoms with van der Waals surface area (Å²) in [6.07, 6.45) is 4.86. The fourth-order valence-corrected chi connectivity index (χ4v) is 2.43. The minimum absolute atomic E-state index is 0. The predicted octanol–water partition coefficient (Wildman–Crippen LogP) is 1.01. The molecular formula is C17H23ClKO4+. The van der Waals surface area contributed by atoms with Crippen LogP contribution in [0, 0.1) is 0 Å². The van der Waals surface area contributed by atoms with Gasteiger partial charge in [0, 0.05) is 5.02 Å². The summed E-state index contributed by atoms with van der Waals surface area (Å²) < 4.78 is 16.0. The first-order chi connectivity index (χ1) is 10.7. The van der Waals surface area contributed by atoms with E-state index in [0.29, 0.717) is 24.8 Å². The molecule has 6 heteroatoms. The van der Waals surface area contributed by atoms with Gasteiger partial charge in [-0.25, -0.2) is 4.79 Å². The Morgan fingerprint density at radius 3 is 2.48 bits per heavy atom. The summed E-state index contributed by atoms with van der Waals surface area (Å²) in [6.45, 7) is 3.42. The summed E-state index contributed by atoms with van der Waals surface area (Å²) in [6, 6.07) is 7.38. The molecule has 1 unspecified atom stereocenters. The molecule has 1 aromatic rings. The number of carbonyl (C=O) groups excluding carboxylic acids is 1. The van der Waals surface area contributed by atoms with Crippen molar-refractivity contribution >= 4 is 17.6 Å². The number of hydrogen-bond acceptors (Lipinski definition) is 4. The van der Waals surface area contributed by atoms with Gasteiger partial charge in [0.2, 0.25) is 0 Å². The van der Waals surface area contributed by atoms with Crippen LogP contribution in [-0.4, -0.2) is 31.4 Å². The number of ether oxygens (including phenoxy) is 3. The van der Waals surface area contributed by atoms with Crippen LogP contribution in [-0.2, 0) is 14.3 Å². The molecule has 1 fully saturated rings. The fourth-order valence-electron chi connectivity index (χ4n) is 2.30. The Labute approximate surface area is 185 Å². The summed E-state index contributed by atoms with van der Waals surface area (Å²) in [5.74, 6) is 0.637. The van der Waals surface area contributed by atoms with Gasteiger partial charge < -0.3 is 14.2 Å². The van der Waals surface area contributed by atoms with Gasteiger partial charge in [0.15, 0.2) is 5.60 Å². The average molecular weight is 366 g/mol. The monoisotopic (exact) mass is 365 g/mol. The Hall–Kier alpha value is 0.376. The second-order valence-corrected chi connectivity index (χ2v) is 5.91. The van der Waals surface area contributed by atoms with E-state index in [1.165, 1.54) is 0 Å². The maximum absolute atomic E-state index is 11.7. The molecule has 0 amide bonds. The van der Waals surface area contributed by atoms with E-state index in [1.54, 1.807) is 0 Å². The molecule has 1 saturated heterocycles. The van der Waals surface area contributed by atoms with E-state index in [9.17, 15) is 4.79 Å². The van der Waals surface area contributed by atoms with Crippen LogP contribution in [0.4, 0.5) is 0 Å². The van der Waals surface area contributed by atoms with Gasteiger partial charge >= 0.3 is 57.4 Å². The van der Waals surface area contributed by atoms with E-state index >= 15 is 0 Å². The Kier molecular flexibility index (Phi) is 10.3. The molecule has 0 spiro atoms. The van der Waals surface area contributed by atoms with Crippen LogP contribution in [0.1, 0.15) is 39.0 Å². The molecule has 1 aliphatic heterocycles. The summed E-state index contributed by atoms with van der Waals surface area (Å²) in [5.41, 5.74) is -0.629. The zero-order valence-corrected chi connectivity index (χ0v) is 17.9. The Morgan fingerprint density at radius 1 is 1.22 bits per heavy atom. The van der Waals surface area contributed by atoms with Crippen molar-refractivity contribution in [3.05, 3.63) is 29.3 Å². The normalized spacial score (nSPS) is 18.9. The maximum atomic E-state index is 11.7. The van der Waals surface area contributed by atoms with Gasteiger partial charge in [-0.1, -0.05) is 24.4 Å². The van der Waals surface area contributed by atoms with Gasteiger partial charge in [0.25, 0.3) is 0 Å². The topological polar surface area (TPSA) is 48.1 Å². The van der Waals surface area contributed by atoms with Crippen LogP contribution in [0.2, 0.25) is 5.02 Å². The summed E-state index contributed by atoms with van der Waals surface area (Å²) >= 11 is 5.82. The van der Waals surface area contributed by atoms with E-state index < -0.39 is 5.60 Å². The summed E-state index contributed by atoms with van der Waals surface area (Å²) in [4.78, 5) is 11.7. The van der Waals surface area contributed by atoms with Crippen LogP contribution in [0.3, 0.4) is 0 Å². The number of esters is 1. The molecule has 0 radical (unpaired) electrons. The number of rotatable bonds is 10. The van der Waals surface area contributed by atoms with Crippen molar-refractivity contribution in [1.82, 2.24) is 0 Å². The molecule has 0 aromatic heterocycles. The van der Waals surface area contributed by atoms with Crippen LogP contribution >= 0.6 is 11.6 Å². The third kappa shape index (κ3) is 7.42. The van der Waals surface area contributed by atoms with Gasteiger partial charge in [-0.2, -0.15) is 0 Å². The number of benzene rings is 1. The minimum Gasteiger partial charge on any atom is -0.494 e. The molecule has 23 heavy (non-hydrogen) atoms. The molecule has 0 aliphatic carbocycles. The smallest absolute Gasteiger partial charge is 0.494 e. The number of halogens is 1. The molecule has 0 N–H and O–H groups in total. The number of unbranched alkanes of at least 4 members (excludes halogenated alkanes) is 3. The van der Waals surface area contributed by atoms with Crippen LogP contribution < -0.4 is 56.1 Å². The zero-order chi connectivity index (χ0) is 15.8. The van der Waals surface area contributed by atoms with Gasteiger partial charge in [-0.15, -0.1) is 0 Å². The first kappa shape index (κ1) is 21.4. The van der Waals surface area contributed by atoms with Crippen LogP contribution in [0.25, 0.3) is 0 Å². The van der Waals surface area contributed by atoms with Crippen molar-refractivity contribution in [3.63, 3.8) is 0 Å². The molecule has 0 bridgehead atoms. The Morgan fingerprint density at radius 2 is 1.87 bits per heavy atom. The predicted molar refractivity (Wildman–Crippen MR) is 85.3 cm³/mol. The third-order valence-corrected chi connectivity index (χ3v) is 3.95. The molecule has 1 aromatic carbocycles. The maximum Gasteiger partial charge on any atom is 1.00 e. The largest absolute Gasteiger partial charge is 1.00 e. The number of epoxide rings is 1. The zero-order valence-electron chi connectivity index (χ0n) is 14.0. The SMILES string of the molecule is CCOC(=O)C1(CCCCCCOc2ccc(Cl)cc2)CO1.[K+]. The molecule has 122 valence electrons. The molecule has 1 heterocycles. The summed E-state index contributed by atoms with van der Waals surface area (Å²) in [5, 5.41) is 0.713. The van der Waals surface area contributed by atoms with Crippen molar-refractivity contribution in [2.45, 2.75) is 44.6 Å². The molecular weight excluding hydrogens is 343 g/mol. The second-order valence-electron chi connectivity index (χ2n) is 5.47. The minimum atomic E-state index is -0.629. The van der Waals surface area contributed by atoms with Crippen molar-refractivity contribution < 1.29 is 70.4 Å². The molecule has 0 saturated carbocycles. The summed E-state index contributed by atoms with van der Waals surface area (Å²) in [7, 11) is 0. The first-order valence-electron chi connectivity index (χ1n) is 7.86. The van der Waals surface area contributed by atoms with E-state index in [4.69, 9.17) is 25.8 Å². The van der Waals surface area contributed by atoms with E-state index in [2.05, 4.69) is 0 Å². The first-order valence-corrected chi connectivity index (χ1v) is 8.24. The van der Waals surface area contributed by atoms with Gasteiger partial charge in [0.05, 0.1) is 19.8 Å². The van der Waals surface area contributed by atoms with Crippen molar-refractivity contribution in [2.75, 3.05) is 19.8 Å². The van der Waals surface area contributed by atoms with Crippen LogP contribution in [0.15, 0.2) is 24.3 Å². The Bertz CT molecular complexity index is 474. The van der Waals surface area contributed by atoms with E-state index in [1.807, 2.05) is 31.2 Å². The third-order valence-electron chi connectivity index (χ3n) is 3.70. The second kappa shape index (κ2) is 11.1.